The smallest absolute Gasteiger partial charge is 0.185 e. The van der Waals surface area contributed by atoms with Crippen LogP contribution >= 0.6 is 11.8 Å². The van der Waals surface area contributed by atoms with E-state index in [1.807, 2.05) is 0 Å². The Morgan fingerprint density at radius 2 is 2.12 bits per heavy atom. The average molecular weight is 250 g/mol. The lowest BCUT2D eigenvalue weighted by atomic mass is 10.00. The van der Waals surface area contributed by atoms with E-state index in [1.165, 1.54) is 6.92 Å². The van der Waals surface area contributed by atoms with E-state index in [1.54, 1.807) is 24.3 Å². The van der Waals surface area contributed by atoms with Crippen LogP contribution in [0.25, 0.3) is 0 Å². The predicted octanol–water partition coefficient (Wildman–Crippen LogP) is 1.34. The lowest BCUT2D eigenvalue weighted by molar-refractivity contribution is -0.109. The topological polar surface area (TPSA) is 57.5 Å². The number of rotatable bonds is 4. The van der Waals surface area contributed by atoms with Crippen molar-refractivity contribution in [1.82, 2.24) is 0 Å². The third-order valence-electron chi connectivity index (χ3n) is 2.26. The summed E-state index contributed by atoms with van der Waals surface area (Å²) in [5.41, 5.74) is 1.05. The van der Waals surface area contributed by atoms with Crippen molar-refractivity contribution in [2.45, 2.75) is 19.1 Å². The number of hydrogen-bond donors (Lipinski definition) is 2. The van der Waals surface area contributed by atoms with E-state index in [-0.39, 0.29) is 10.9 Å². The molecular weight excluding hydrogens is 236 g/mol. The van der Waals surface area contributed by atoms with Crippen molar-refractivity contribution < 1.29 is 15.0 Å². The molecule has 0 aromatic heterocycles. The first-order valence-electron chi connectivity index (χ1n) is 5.11. The highest BCUT2D eigenvalue weighted by Gasteiger charge is 2.20. The molecule has 2 atom stereocenters. The Bertz CT molecular complexity index is 437. The van der Waals surface area contributed by atoms with Crippen molar-refractivity contribution in [3.8, 4) is 12.3 Å². The fourth-order valence-corrected chi connectivity index (χ4v) is 1.98. The molecule has 0 aliphatic heterocycles. The third kappa shape index (κ3) is 3.90. The molecule has 90 valence electrons. The highest BCUT2D eigenvalue weighted by Crippen LogP contribution is 2.22. The van der Waals surface area contributed by atoms with Crippen LogP contribution < -0.4 is 0 Å². The first kappa shape index (κ1) is 13.8. The molecule has 0 heterocycles. The van der Waals surface area contributed by atoms with Crippen LogP contribution in [0.15, 0.2) is 24.3 Å². The number of aliphatic hydroxyl groups is 2. The normalized spacial score (nSPS) is 13.8. The summed E-state index contributed by atoms with van der Waals surface area (Å²) in [7, 11) is 0. The summed E-state index contributed by atoms with van der Waals surface area (Å²) in [6.07, 6.45) is 3.22. The molecule has 0 radical (unpaired) electrons. The number of aliphatic hydroxyl groups excluding tert-OH is 2. The van der Waals surface area contributed by atoms with Gasteiger partial charge in [-0.25, -0.2) is 0 Å². The molecule has 17 heavy (non-hydrogen) atoms. The fraction of sp³-hybridized carbons (Fsp3) is 0.308. The lowest BCUT2D eigenvalue weighted by Crippen LogP contribution is -2.22. The summed E-state index contributed by atoms with van der Waals surface area (Å²) < 4.78 is 0. The molecule has 0 bridgehead atoms. The number of thioether (sulfide) groups is 1. The second-order valence-corrected chi connectivity index (χ2v) is 4.74. The van der Waals surface area contributed by atoms with E-state index in [0.717, 1.165) is 11.8 Å². The Balaban J connectivity index is 2.78. The fourth-order valence-electron chi connectivity index (χ4n) is 1.39. The molecule has 0 amide bonds. The highest BCUT2D eigenvalue weighted by atomic mass is 32.2. The molecule has 0 saturated heterocycles. The Morgan fingerprint density at radius 3 is 2.71 bits per heavy atom. The minimum atomic E-state index is -1.07. The summed E-state index contributed by atoms with van der Waals surface area (Å²) in [4.78, 5) is 10.8. The first-order valence-corrected chi connectivity index (χ1v) is 6.10. The second-order valence-electron chi connectivity index (χ2n) is 3.55. The maximum atomic E-state index is 10.8. The minimum absolute atomic E-state index is 0.0958. The van der Waals surface area contributed by atoms with Crippen molar-refractivity contribution in [2.75, 3.05) is 5.75 Å². The summed E-state index contributed by atoms with van der Waals surface area (Å²) in [6, 6.07) is 6.87. The average Bonchev–Trinajstić information content (AvgIpc) is 2.34. The first-order chi connectivity index (χ1) is 8.06. The molecule has 1 aromatic rings. The molecule has 4 heteroatoms. The summed E-state index contributed by atoms with van der Waals surface area (Å²) >= 11 is 0.975. The summed E-state index contributed by atoms with van der Waals surface area (Å²) in [6.45, 7) is 1.42. The summed E-state index contributed by atoms with van der Waals surface area (Å²) in [5.74, 6) is 2.60. The minimum Gasteiger partial charge on any atom is -0.389 e. The van der Waals surface area contributed by atoms with E-state index in [9.17, 15) is 15.0 Å². The molecular formula is C13H14O3S. The Morgan fingerprint density at radius 1 is 1.47 bits per heavy atom. The van der Waals surface area contributed by atoms with Crippen LogP contribution in [0.3, 0.4) is 0 Å². The van der Waals surface area contributed by atoms with Crippen LogP contribution in [0.2, 0.25) is 0 Å². The van der Waals surface area contributed by atoms with Crippen LogP contribution in [0, 0.1) is 12.3 Å². The van der Waals surface area contributed by atoms with Gasteiger partial charge in [-0.15, -0.1) is 6.42 Å². The van der Waals surface area contributed by atoms with Gasteiger partial charge >= 0.3 is 0 Å². The number of terminal acetylenes is 1. The SMILES string of the molecule is C#Cc1ccccc1C(O)C(O)CSC(C)=O. The van der Waals surface area contributed by atoms with Gasteiger partial charge in [0.2, 0.25) is 0 Å². The maximum absolute atomic E-state index is 10.8. The number of benzene rings is 1. The van der Waals surface area contributed by atoms with Gasteiger partial charge in [-0.2, -0.15) is 0 Å². The zero-order chi connectivity index (χ0) is 12.8. The van der Waals surface area contributed by atoms with E-state index in [0.29, 0.717) is 11.1 Å². The van der Waals surface area contributed by atoms with Crippen LogP contribution in [-0.2, 0) is 4.79 Å². The third-order valence-corrected chi connectivity index (χ3v) is 3.17. The van der Waals surface area contributed by atoms with Crippen LogP contribution in [0.4, 0.5) is 0 Å². The van der Waals surface area contributed by atoms with Gasteiger partial charge in [-0.1, -0.05) is 35.9 Å². The van der Waals surface area contributed by atoms with E-state index < -0.39 is 12.2 Å². The lowest BCUT2D eigenvalue weighted by Gasteiger charge is -2.18. The Kier molecular flexibility index (Phi) is 5.23. The van der Waals surface area contributed by atoms with Gasteiger partial charge in [0.15, 0.2) is 5.12 Å². The number of carbonyl (C=O) groups excluding carboxylic acids is 1. The molecule has 0 saturated carbocycles. The van der Waals surface area contributed by atoms with Gasteiger partial charge in [0.05, 0.1) is 6.10 Å². The molecule has 0 spiro atoms. The van der Waals surface area contributed by atoms with Crippen molar-refractivity contribution in [2.24, 2.45) is 0 Å². The quantitative estimate of drug-likeness (QED) is 0.792. The van der Waals surface area contributed by atoms with Gasteiger partial charge in [0.1, 0.15) is 6.10 Å². The van der Waals surface area contributed by atoms with E-state index in [2.05, 4.69) is 5.92 Å². The van der Waals surface area contributed by atoms with Crippen LogP contribution in [0.5, 0.6) is 0 Å². The van der Waals surface area contributed by atoms with Crippen LogP contribution in [0.1, 0.15) is 24.2 Å². The molecule has 0 aliphatic rings. The molecule has 2 N–H and O–H groups in total. The zero-order valence-corrected chi connectivity index (χ0v) is 10.3. The highest BCUT2D eigenvalue weighted by molar-refractivity contribution is 8.13. The molecule has 3 nitrogen and oxygen atoms in total. The standard InChI is InChI=1S/C13H14O3S/c1-3-10-6-4-5-7-11(10)13(16)12(15)8-17-9(2)14/h1,4-7,12-13,15-16H,8H2,2H3. The Hall–Kier alpha value is -1.28. The largest absolute Gasteiger partial charge is 0.389 e. The van der Waals surface area contributed by atoms with Gasteiger partial charge in [0.25, 0.3) is 0 Å². The summed E-state index contributed by atoms with van der Waals surface area (Å²) in [5, 5.41) is 19.6. The van der Waals surface area contributed by atoms with Crippen LogP contribution in [-0.4, -0.2) is 27.2 Å². The van der Waals surface area contributed by atoms with Crippen molar-refractivity contribution >= 4 is 16.9 Å². The molecule has 0 fully saturated rings. The zero-order valence-electron chi connectivity index (χ0n) is 9.46. The van der Waals surface area contributed by atoms with Gasteiger partial charge in [-0.05, 0) is 11.6 Å². The maximum Gasteiger partial charge on any atom is 0.185 e. The Labute approximate surface area is 105 Å². The van der Waals surface area contributed by atoms with Crippen molar-refractivity contribution in [1.29, 1.82) is 0 Å². The van der Waals surface area contributed by atoms with E-state index in [4.69, 9.17) is 6.42 Å². The van der Waals surface area contributed by atoms with Gasteiger partial charge in [0, 0.05) is 18.2 Å². The van der Waals surface area contributed by atoms with Crippen molar-refractivity contribution in [3.63, 3.8) is 0 Å². The molecule has 1 aromatic carbocycles. The molecule has 2 unspecified atom stereocenters. The molecule has 1 rings (SSSR count). The van der Waals surface area contributed by atoms with Crippen molar-refractivity contribution in [3.05, 3.63) is 35.4 Å². The van der Waals surface area contributed by atoms with Gasteiger partial charge < -0.3 is 10.2 Å². The number of carbonyl (C=O) groups is 1. The predicted molar refractivity (Wildman–Crippen MR) is 68.5 cm³/mol. The monoisotopic (exact) mass is 250 g/mol. The van der Waals surface area contributed by atoms with Gasteiger partial charge in [-0.3, -0.25) is 4.79 Å². The molecule has 0 aliphatic carbocycles. The van der Waals surface area contributed by atoms with E-state index >= 15 is 0 Å². The second kappa shape index (κ2) is 6.45. The number of hydrogen-bond acceptors (Lipinski definition) is 4.